The Balaban J connectivity index is 0.774. The van der Waals surface area contributed by atoms with Crippen molar-refractivity contribution in [2.45, 2.75) is 50.5 Å². The molecule has 0 saturated carbocycles. The molecule has 314 valence electrons. The SMILES string of the molecule is CS(=O)(=O)N1CCc2cccc(Nc3nc(Nc4ccc(N5CCC(N6CCN(CCc7ccc(C8CCC(=O)NC8=O)cc7F)CC6)CC5)c(F)c4)nc4[nH]ccc34)c21. The van der Waals surface area contributed by atoms with Crippen LogP contribution in [0, 0.1) is 11.6 Å². The summed E-state index contributed by atoms with van der Waals surface area (Å²) in [5.41, 5.74) is 5.01. The fourth-order valence-electron chi connectivity index (χ4n) is 9.14. The average Bonchev–Trinajstić information content (AvgIpc) is 3.90. The first-order chi connectivity index (χ1) is 29.0. The number of para-hydroxylation sites is 1. The van der Waals surface area contributed by atoms with E-state index in [1.54, 1.807) is 18.3 Å². The standard InChI is InChI=1S/C43H48F2N10O4S/c1-60(58,59)55-20-13-28-3-2-4-36(39(28)55)48-41-33-11-16-46-40(33)50-43(51-41)47-30-7-9-37(35(45)26-30)54-18-14-31(15-19-54)53-23-21-52(22-24-53)17-12-27-5-6-29(25-34(27)44)32-8-10-38(56)49-42(32)57/h2-7,9,11,16,25-26,31-32H,8,10,12-15,17-24H2,1H3,(H,49,56,57)(H3,46,47,48,50,51). The van der Waals surface area contributed by atoms with E-state index in [1.807, 2.05) is 36.4 Å². The molecule has 0 spiro atoms. The van der Waals surface area contributed by atoms with E-state index in [9.17, 15) is 18.0 Å². The number of fused-ring (bicyclic) bond motifs is 2. The van der Waals surface area contributed by atoms with E-state index < -0.39 is 15.9 Å². The van der Waals surface area contributed by atoms with E-state index in [-0.39, 0.29) is 35.8 Å². The molecule has 6 heterocycles. The second kappa shape index (κ2) is 16.4. The lowest BCUT2D eigenvalue weighted by Crippen LogP contribution is -2.53. The van der Waals surface area contributed by atoms with Gasteiger partial charge in [-0.1, -0.05) is 24.3 Å². The molecule has 0 aliphatic carbocycles. The van der Waals surface area contributed by atoms with Crippen LogP contribution in [0.5, 0.6) is 0 Å². The summed E-state index contributed by atoms with van der Waals surface area (Å²) < 4.78 is 57.4. The number of hydrogen-bond donors (Lipinski definition) is 4. The molecule has 60 heavy (non-hydrogen) atoms. The number of piperidine rings is 2. The molecule has 4 aliphatic rings. The molecule has 4 aliphatic heterocycles. The first-order valence-electron chi connectivity index (χ1n) is 20.6. The number of halogens is 2. The van der Waals surface area contributed by atoms with E-state index >= 15 is 8.78 Å². The first-order valence-corrected chi connectivity index (χ1v) is 22.4. The van der Waals surface area contributed by atoms with Crippen LogP contribution in [0.4, 0.5) is 43.3 Å². The Hall–Kier alpha value is -5.65. The number of imide groups is 1. The van der Waals surface area contributed by atoms with Crippen molar-refractivity contribution in [3.63, 3.8) is 0 Å². The third kappa shape index (κ3) is 8.25. The van der Waals surface area contributed by atoms with Crippen LogP contribution in [0.15, 0.2) is 66.9 Å². The van der Waals surface area contributed by atoms with Crippen LogP contribution in [0.3, 0.4) is 0 Å². The second-order valence-corrected chi connectivity index (χ2v) is 18.1. The van der Waals surface area contributed by atoms with E-state index in [1.165, 1.54) is 22.7 Å². The van der Waals surface area contributed by atoms with Gasteiger partial charge in [-0.15, -0.1) is 0 Å². The molecule has 3 saturated heterocycles. The summed E-state index contributed by atoms with van der Waals surface area (Å²) >= 11 is 0. The normalized spacial score (nSPS) is 19.5. The highest BCUT2D eigenvalue weighted by Crippen LogP contribution is 2.39. The lowest BCUT2D eigenvalue weighted by Gasteiger charge is -2.43. The molecule has 4 N–H and O–H groups in total. The van der Waals surface area contributed by atoms with Crippen LogP contribution in [0.2, 0.25) is 0 Å². The number of aromatic amines is 1. The minimum atomic E-state index is -3.47. The minimum absolute atomic E-state index is 0.251. The van der Waals surface area contributed by atoms with Crippen molar-refractivity contribution in [3.05, 3.63) is 95.2 Å². The van der Waals surface area contributed by atoms with E-state index in [2.05, 4.69) is 40.6 Å². The predicted octanol–water partition coefficient (Wildman–Crippen LogP) is 5.39. The van der Waals surface area contributed by atoms with E-state index in [0.29, 0.717) is 77.2 Å². The van der Waals surface area contributed by atoms with Gasteiger partial charge in [-0.3, -0.25) is 24.1 Å². The number of anilines is 6. The maximum atomic E-state index is 15.8. The maximum absolute atomic E-state index is 15.8. The Morgan fingerprint density at radius 2 is 1.67 bits per heavy atom. The number of rotatable bonds is 11. The number of hydrogen-bond acceptors (Lipinski definition) is 11. The summed E-state index contributed by atoms with van der Waals surface area (Å²) in [7, 11) is -3.47. The highest BCUT2D eigenvalue weighted by molar-refractivity contribution is 7.92. The zero-order valence-electron chi connectivity index (χ0n) is 33.4. The van der Waals surface area contributed by atoms with Gasteiger partial charge >= 0.3 is 0 Å². The number of sulfonamides is 1. The van der Waals surface area contributed by atoms with Crippen molar-refractivity contribution in [1.82, 2.24) is 30.1 Å². The van der Waals surface area contributed by atoms with Crippen LogP contribution in [0.25, 0.3) is 11.0 Å². The Bertz CT molecular complexity index is 2550. The van der Waals surface area contributed by atoms with Crippen LogP contribution in [-0.4, -0.2) is 110 Å². The molecule has 0 bridgehead atoms. The van der Waals surface area contributed by atoms with Crippen molar-refractivity contribution in [1.29, 1.82) is 0 Å². The third-order valence-electron chi connectivity index (χ3n) is 12.4. The average molecular weight is 839 g/mol. The van der Waals surface area contributed by atoms with Gasteiger partial charge in [0.25, 0.3) is 0 Å². The largest absolute Gasteiger partial charge is 0.369 e. The van der Waals surface area contributed by atoms with Crippen molar-refractivity contribution in [3.8, 4) is 0 Å². The molecule has 0 radical (unpaired) electrons. The van der Waals surface area contributed by atoms with E-state index in [4.69, 9.17) is 4.98 Å². The number of nitrogens with zero attached hydrogens (tertiary/aromatic N) is 6. The molecule has 1 unspecified atom stereocenters. The monoisotopic (exact) mass is 838 g/mol. The summed E-state index contributed by atoms with van der Waals surface area (Å²) in [4.78, 5) is 43.2. The van der Waals surface area contributed by atoms with Crippen LogP contribution in [0.1, 0.15) is 48.3 Å². The van der Waals surface area contributed by atoms with Gasteiger partial charge in [0.1, 0.15) is 23.1 Å². The number of amides is 2. The number of carbonyl (C=O) groups is 2. The quantitative estimate of drug-likeness (QED) is 0.126. The zero-order chi connectivity index (χ0) is 41.5. The van der Waals surface area contributed by atoms with Gasteiger partial charge in [-0.2, -0.15) is 9.97 Å². The Kier molecular flexibility index (Phi) is 10.9. The van der Waals surface area contributed by atoms with E-state index in [0.717, 1.165) is 69.6 Å². The lowest BCUT2D eigenvalue weighted by molar-refractivity contribution is -0.134. The Morgan fingerprint density at radius 3 is 2.42 bits per heavy atom. The second-order valence-electron chi connectivity index (χ2n) is 16.2. The topological polar surface area (TPSA) is 159 Å². The molecule has 9 rings (SSSR count). The fourth-order valence-corrected chi connectivity index (χ4v) is 10.1. The van der Waals surface area contributed by atoms with Gasteiger partial charge in [-0.05, 0) is 85.2 Å². The maximum Gasteiger partial charge on any atom is 0.234 e. The molecule has 2 aromatic heterocycles. The number of nitrogens with one attached hydrogen (secondary N) is 4. The molecule has 3 aromatic carbocycles. The van der Waals surface area contributed by atoms with Crippen molar-refractivity contribution < 1.29 is 26.8 Å². The number of carbonyl (C=O) groups excluding carboxylic acids is 2. The van der Waals surface area contributed by atoms with Gasteiger partial charge < -0.3 is 25.4 Å². The molecule has 1 atom stereocenters. The van der Waals surface area contributed by atoms with Crippen LogP contribution >= 0.6 is 0 Å². The summed E-state index contributed by atoms with van der Waals surface area (Å²) in [6, 6.07) is 18.0. The Labute approximate surface area is 347 Å². The van der Waals surface area contributed by atoms with Gasteiger partial charge in [0.2, 0.25) is 27.8 Å². The van der Waals surface area contributed by atoms with Crippen LogP contribution < -0.4 is 25.2 Å². The first kappa shape index (κ1) is 39.8. The summed E-state index contributed by atoms with van der Waals surface area (Å²) in [6.45, 7) is 6.25. The molecule has 5 aromatic rings. The van der Waals surface area contributed by atoms with Crippen molar-refractivity contribution >= 4 is 67.4 Å². The van der Waals surface area contributed by atoms with Gasteiger partial charge in [0.15, 0.2) is 0 Å². The van der Waals surface area contributed by atoms with Gasteiger partial charge in [0.05, 0.1) is 34.6 Å². The predicted molar refractivity (Wildman–Crippen MR) is 228 cm³/mol. The highest BCUT2D eigenvalue weighted by atomic mass is 32.2. The van der Waals surface area contributed by atoms with Gasteiger partial charge in [0, 0.05) is 76.7 Å². The highest BCUT2D eigenvalue weighted by Gasteiger charge is 2.31. The summed E-state index contributed by atoms with van der Waals surface area (Å²) in [5, 5.41) is 9.58. The molecular weight excluding hydrogens is 791 g/mol. The smallest absolute Gasteiger partial charge is 0.234 e. The summed E-state index contributed by atoms with van der Waals surface area (Å²) in [6.07, 6.45) is 6.67. The van der Waals surface area contributed by atoms with Crippen molar-refractivity contribution in [2.75, 3.05) is 78.5 Å². The third-order valence-corrected chi connectivity index (χ3v) is 13.5. The van der Waals surface area contributed by atoms with Crippen LogP contribution in [-0.2, 0) is 32.5 Å². The molecule has 2 amide bonds. The van der Waals surface area contributed by atoms with Gasteiger partial charge in [-0.25, -0.2) is 17.2 Å². The number of piperazine rings is 1. The molecular formula is C43H48F2N10O4S. The number of H-pyrrole nitrogens is 1. The fraction of sp³-hybridized carbons (Fsp3) is 0.395. The summed E-state index contributed by atoms with van der Waals surface area (Å²) in [5.74, 6) is -1.06. The number of aromatic nitrogens is 3. The number of benzene rings is 3. The zero-order valence-corrected chi connectivity index (χ0v) is 34.2. The molecule has 14 nitrogen and oxygen atoms in total. The minimum Gasteiger partial charge on any atom is -0.369 e. The molecule has 3 fully saturated rings. The van der Waals surface area contributed by atoms with Crippen molar-refractivity contribution in [2.24, 2.45) is 0 Å². The Morgan fingerprint density at radius 1 is 0.850 bits per heavy atom. The lowest BCUT2D eigenvalue weighted by atomic mass is 9.89. The molecule has 17 heteroatoms.